The van der Waals surface area contributed by atoms with Gasteiger partial charge in [0.2, 0.25) is 0 Å². The minimum absolute atomic E-state index is 0.0725. The van der Waals surface area contributed by atoms with Crippen LogP contribution in [0.5, 0.6) is 5.75 Å². The van der Waals surface area contributed by atoms with Gasteiger partial charge < -0.3 is 9.64 Å². The minimum Gasteiger partial charge on any atom is -0.406 e. The van der Waals surface area contributed by atoms with Crippen molar-refractivity contribution in [3.05, 3.63) is 98.8 Å². The van der Waals surface area contributed by atoms with Crippen LogP contribution < -0.4 is 4.74 Å². The van der Waals surface area contributed by atoms with Gasteiger partial charge in [0, 0.05) is 37.2 Å². The van der Waals surface area contributed by atoms with Gasteiger partial charge in [-0.3, -0.25) is 9.69 Å². The fourth-order valence-corrected chi connectivity index (χ4v) is 5.05. The Morgan fingerprint density at radius 1 is 0.950 bits per heavy atom. The molecule has 1 aliphatic rings. The first-order valence-electron chi connectivity index (χ1n) is 11.8. The topological polar surface area (TPSA) is 32.8 Å². The first kappa shape index (κ1) is 30.0. The molecule has 0 radical (unpaired) electrons. The van der Waals surface area contributed by atoms with E-state index in [0.29, 0.717) is 16.7 Å². The number of hydrogen-bond acceptors (Lipinski definition) is 3. The highest BCUT2D eigenvalue weighted by atomic mass is 35.5. The highest BCUT2D eigenvalue weighted by Gasteiger charge is 2.39. The van der Waals surface area contributed by atoms with Gasteiger partial charge in [0.1, 0.15) is 11.6 Å². The molecule has 3 aromatic rings. The summed E-state index contributed by atoms with van der Waals surface area (Å²) >= 11 is 12.3. The van der Waals surface area contributed by atoms with Gasteiger partial charge in [-0.2, -0.15) is 13.2 Å². The zero-order valence-corrected chi connectivity index (χ0v) is 22.2. The molecule has 1 aliphatic heterocycles. The van der Waals surface area contributed by atoms with Crippen LogP contribution in [0, 0.1) is 5.82 Å². The lowest BCUT2D eigenvalue weighted by Crippen LogP contribution is -2.38. The standard InChI is InChI=1S/C27H21Cl2F7N2O2/c1-37(12-15-2-8-20(23(30)10-15)26(31,32)33)24-14-38(13-19(24)17-5-9-21(28)22(29)11-17)25(39)16-3-6-18(7-4-16)40-27(34,35)36/h2-11,19,24H,12-14H2,1H3. The SMILES string of the molecule is CN(Cc1ccc(C(F)(F)F)c(F)c1)C1CN(C(=O)c2ccc(OC(F)(F)F)cc2)CC1c1ccc(Cl)c(Cl)c1. The van der Waals surface area contributed by atoms with Crippen molar-refractivity contribution in [3.63, 3.8) is 0 Å². The predicted molar refractivity (Wildman–Crippen MR) is 135 cm³/mol. The lowest BCUT2D eigenvalue weighted by Gasteiger charge is -2.29. The summed E-state index contributed by atoms with van der Waals surface area (Å²) in [6.45, 7) is 0.446. The summed E-state index contributed by atoms with van der Waals surface area (Å²) in [5.74, 6) is -2.63. The van der Waals surface area contributed by atoms with E-state index >= 15 is 0 Å². The van der Waals surface area contributed by atoms with Crippen LogP contribution in [0.15, 0.2) is 60.7 Å². The molecule has 2 atom stereocenters. The molecule has 4 nitrogen and oxygen atoms in total. The maximum absolute atomic E-state index is 14.2. The molecule has 13 heteroatoms. The van der Waals surface area contributed by atoms with E-state index in [1.165, 1.54) is 23.1 Å². The Balaban J connectivity index is 1.58. The number of amides is 1. The van der Waals surface area contributed by atoms with Gasteiger partial charge in [-0.1, -0.05) is 35.3 Å². The normalized spacial score (nSPS) is 17.9. The van der Waals surface area contributed by atoms with Crippen molar-refractivity contribution in [2.45, 2.75) is 31.0 Å². The van der Waals surface area contributed by atoms with Crippen LogP contribution in [0.2, 0.25) is 10.0 Å². The van der Waals surface area contributed by atoms with E-state index in [1.807, 2.05) is 0 Å². The van der Waals surface area contributed by atoms with E-state index in [0.717, 1.165) is 23.8 Å². The zero-order valence-electron chi connectivity index (χ0n) is 20.7. The number of nitrogens with zero attached hydrogens (tertiary/aromatic N) is 2. The van der Waals surface area contributed by atoms with Crippen LogP contribution in [0.1, 0.15) is 33.0 Å². The number of hydrogen-bond donors (Lipinski definition) is 0. The second-order valence-corrected chi connectivity index (χ2v) is 10.2. The van der Waals surface area contributed by atoms with Crippen LogP contribution >= 0.6 is 23.2 Å². The smallest absolute Gasteiger partial charge is 0.406 e. The van der Waals surface area contributed by atoms with Crippen molar-refractivity contribution in [3.8, 4) is 5.75 Å². The van der Waals surface area contributed by atoms with Crippen molar-refractivity contribution in [1.29, 1.82) is 0 Å². The van der Waals surface area contributed by atoms with E-state index < -0.39 is 35.6 Å². The second kappa shape index (κ2) is 11.5. The Kier molecular flexibility index (Phi) is 8.58. The molecule has 0 spiro atoms. The molecular weight excluding hydrogens is 588 g/mol. The molecule has 0 bridgehead atoms. The van der Waals surface area contributed by atoms with Crippen LogP contribution in [-0.4, -0.2) is 48.2 Å². The fourth-order valence-electron chi connectivity index (χ4n) is 4.74. The molecule has 1 fully saturated rings. The van der Waals surface area contributed by atoms with Gasteiger partial charge in [0.05, 0.1) is 15.6 Å². The molecule has 0 saturated carbocycles. The number of likely N-dealkylation sites (N-methyl/N-ethyl adjacent to an activating group) is 1. The van der Waals surface area contributed by atoms with Crippen molar-refractivity contribution < 1.29 is 40.3 Å². The first-order chi connectivity index (χ1) is 18.6. The number of likely N-dealkylation sites (tertiary alicyclic amines) is 1. The van der Waals surface area contributed by atoms with Crippen LogP contribution in [-0.2, 0) is 12.7 Å². The molecule has 3 aromatic carbocycles. The maximum atomic E-state index is 14.2. The second-order valence-electron chi connectivity index (χ2n) is 9.36. The van der Waals surface area contributed by atoms with Gasteiger partial charge in [-0.25, -0.2) is 4.39 Å². The Bertz CT molecular complexity index is 1380. The molecule has 0 aromatic heterocycles. The third kappa shape index (κ3) is 7.00. The number of carbonyl (C=O) groups is 1. The molecule has 40 heavy (non-hydrogen) atoms. The van der Waals surface area contributed by atoms with E-state index in [2.05, 4.69) is 4.74 Å². The number of alkyl halides is 6. The van der Waals surface area contributed by atoms with Crippen molar-refractivity contribution >= 4 is 29.1 Å². The highest BCUT2D eigenvalue weighted by Crippen LogP contribution is 2.36. The summed E-state index contributed by atoms with van der Waals surface area (Å²) in [5, 5.41) is 0.609. The molecule has 4 rings (SSSR count). The van der Waals surface area contributed by atoms with Crippen LogP contribution in [0.25, 0.3) is 0 Å². The Morgan fingerprint density at radius 3 is 2.20 bits per heavy atom. The number of halogens is 9. The maximum Gasteiger partial charge on any atom is 0.573 e. The summed E-state index contributed by atoms with van der Waals surface area (Å²) in [7, 11) is 1.70. The van der Waals surface area contributed by atoms with Gasteiger partial charge in [-0.05, 0) is 66.7 Å². The lowest BCUT2D eigenvalue weighted by atomic mass is 9.93. The van der Waals surface area contributed by atoms with Crippen LogP contribution in [0.4, 0.5) is 30.7 Å². The molecule has 0 aliphatic carbocycles. The molecule has 1 heterocycles. The largest absolute Gasteiger partial charge is 0.573 e. The highest BCUT2D eigenvalue weighted by molar-refractivity contribution is 6.42. The summed E-state index contributed by atoms with van der Waals surface area (Å²) in [6.07, 6.45) is -9.70. The summed E-state index contributed by atoms with van der Waals surface area (Å²) in [6, 6.07) is 11.9. The third-order valence-electron chi connectivity index (χ3n) is 6.62. The molecule has 214 valence electrons. The average Bonchev–Trinajstić information content (AvgIpc) is 3.30. The van der Waals surface area contributed by atoms with Crippen LogP contribution in [0.3, 0.4) is 0 Å². The van der Waals surface area contributed by atoms with Gasteiger partial charge in [-0.15, -0.1) is 13.2 Å². The number of benzene rings is 3. The summed E-state index contributed by atoms with van der Waals surface area (Å²) in [4.78, 5) is 16.6. The summed E-state index contributed by atoms with van der Waals surface area (Å²) in [5.41, 5.74) is -0.188. The first-order valence-corrected chi connectivity index (χ1v) is 12.5. The number of rotatable bonds is 6. The van der Waals surface area contributed by atoms with Gasteiger partial charge in [0.15, 0.2) is 0 Å². The van der Waals surface area contributed by atoms with E-state index in [1.54, 1.807) is 30.1 Å². The van der Waals surface area contributed by atoms with Crippen molar-refractivity contribution in [1.82, 2.24) is 9.80 Å². The van der Waals surface area contributed by atoms with Crippen molar-refractivity contribution in [2.24, 2.45) is 0 Å². The summed E-state index contributed by atoms with van der Waals surface area (Å²) < 4.78 is 94.4. The van der Waals surface area contributed by atoms with Gasteiger partial charge >= 0.3 is 12.5 Å². The van der Waals surface area contributed by atoms with E-state index in [4.69, 9.17) is 23.2 Å². The Labute approximate surface area is 234 Å². The van der Waals surface area contributed by atoms with E-state index in [9.17, 15) is 35.5 Å². The molecular formula is C27H21Cl2F7N2O2. The zero-order chi connectivity index (χ0) is 29.4. The quantitative estimate of drug-likeness (QED) is 0.268. The van der Waals surface area contributed by atoms with E-state index in [-0.39, 0.29) is 42.2 Å². The predicted octanol–water partition coefficient (Wildman–Crippen LogP) is 7.79. The molecule has 2 unspecified atom stereocenters. The molecule has 1 amide bonds. The Morgan fingerprint density at radius 2 is 1.62 bits per heavy atom. The minimum atomic E-state index is -4.87. The number of ether oxygens (including phenoxy) is 1. The monoisotopic (exact) mass is 608 g/mol. The van der Waals surface area contributed by atoms with Crippen molar-refractivity contribution in [2.75, 3.05) is 20.1 Å². The number of carbonyl (C=O) groups excluding carboxylic acids is 1. The lowest BCUT2D eigenvalue weighted by molar-refractivity contribution is -0.274. The third-order valence-corrected chi connectivity index (χ3v) is 7.36. The molecule has 0 N–H and O–H groups in total. The Hall–Kier alpha value is -3.02. The fraction of sp³-hybridized carbons (Fsp3) is 0.296. The molecule has 1 saturated heterocycles. The van der Waals surface area contributed by atoms with Gasteiger partial charge in [0.25, 0.3) is 5.91 Å². The average molecular weight is 609 g/mol.